The smallest absolute Gasteiger partial charge is 0.433 e. The number of rotatable bonds is 5. The number of nitrogens with one attached hydrogen (secondary N) is 1. The molecule has 10 heteroatoms. The quantitative estimate of drug-likeness (QED) is 0.469. The molecule has 2 aromatic carbocycles. The Balaban J connectivity index is 1.75. The lowest BCUT2D eigenvalue weighted by Crippen LogP contribution is -2.12. The molecule has 0 aliphatic heterocycles. The van der Waals surface area contributed by atoms with Crippen molar-refractivity contribution in [3.63, 3.8) is 0 Å². The van der Waals surface area contributed by atoms with Crippen molar-refractivity contribution in [3.8, 4) is 5.75 Å². The molecule has 0 atom stereocenters. The summed E-state index contributed by atoms with van der Waals surface area (Å²) in [7, 11) is -3.82. The molecular weight excluding hydrogens is 431 g/mol. The number of imidazole rings is 1. The number of H-pyrrole nitrogens is 1. The van der Waals surface area contributed by atoms with Gasteiger partial charge >= 0.3 is 6.18 Å². The van der Waals surface area contributed by atoms with Crippen LogP contribution in [0.5, 0.6) is 5.75 Å². The first-order valence-corrected chi connectivity index (χ1v) is 11.0. The van der Waals surface area contributed by atoms with Gasteiger partial charge in [-0.3, -0.25) is 0 Å². The van der Waals surface area contributed by atoms with E-state index in [0.717, 1.165) is 6.07 Å². The lowest BCUT2D eigenvalue weighted by atomic mass is 10.1. The van der Waals surface area contributed by atoms with Gasteiger partial charge in [-0.25, -0.2) is 18.4 Å². The number of alkyl halides is 3. The van der Waals surface area contributed by atoms with Crippen LogP contribution in [0.2, 0.25) is 0 Å². The number of halogens is 3. The summed E-state index contributed by atoms with van der Waals surface area (Å²) in [5, 5.41) is 0.136. The number of aromatic nitrogens is 3. The van der Waals surface area contributed by atoms with Crippen LogP contribution in [0.4, 0.5) is 13.2 Å². The highest BCUT2D eigenvalue weighted by molar-refractivity contribution is 7.90. The fraction of sp³-hybridized carbons (Fsp3) is 0.238. The SMILES string of the molecule is CC(C)Oc1cc(C(F)(F)F)nc2ccc(CS(=O)(=O)c3nc4ccccc4[nH]3)cc12. The number of aromatic amines is 1. The van der Waals surface area contributed by atoms with Crippen LogP contribution in [0.25, 0.3) is 21.9 Å². The van der Waals surface area contributed by atoms with Gasteiger partial charge in [-0.2, -0.15) is 13.2 Å². The molecule has 4 rings (SSSR count). The number of hydrogen-bond acceptors (Lipinski definition) is 5. The normalized spacial score (nSPS) is 12.7. The second-order valence-electron chi connectivity index (χ2n) is 7.34. The summed E-state index contributed by atoms with van der Waals surface area (Å²) >= 11 is 0. The number of benzene rings is 2. The Morgan fingerprint density at radius 3 is 2.45 bits per heavy atom. The van der Waals surface area contributed by atoms with Gasteiger partial charge in [0.1, 0.15) is 11.4 Å². The molecule has 0 bridgehead atoms. The molecule has 0 radical (unpaired) electrons. The summed E-state index contributed by atoms with van der Waals surface area (Å²) in [6.45, 7) is 3.38. The van der Waals surface area contributed by atoms with E-state index < -0.39 is 21.7 Å². The number of para-hydroxylation sites is 2. The molecule has 2 heterocycles. The van der Waals surface area contributed by atoms with Gasteiger partial charge in [-0.05, 0) is 43.7 Å². The number of ether oxygens (including phenoxy) is 1. The number of pyridine rings is 1. The maximum absolute atomic E-state index is 13.2. The third-order valence-electron chi connectivity index (χ3n) is 4.51. The summed E-state index contributed by atoms with van der Waals surface area (Å²) < 4.78 is 70.9. The van der Waals surface area contributed by atoms with Crippen LogP contribution in [0.3, 0.4) is 0 Å². The van der Waals surface area contributed by atoms with Gasteiger partial charge in [0.25, 0.3) is 0 Å². The van der Waals surface area contributed by atoms with E-state index in [1.807, 2.05) is 0 Å². The van der Waals surface area contributed by atoms with Crippen molar-refractivity contribution in [2.45, 2.75) is 37.0 Å². The fourth-order valence-electron chi connectivity index (χ4n) is 3.19. The Morgan fingerprint density at radius 2 is 1.77 bits per heavy atom. The topological polar surface area (TPSA) is 84.9 Å². The highest BCUT2D eigenvalue weighted by Crippen LogP contribution is 2.35. The lowest BCUT2D eigenvalue weighted by molar-refractivity contribution is -0.141. The Bertz CT molecular complexity index is 1350. The van der Waals surface area contributed by atoms with E-state index in [1.165, 1.54) is 18.2 Å². The third-order valence-corrected chi connectivity index (χ3v) is 6.00. The molecular formula is C21H18F3N3O3S. The minimum atomic E-state index is -4.63. The van der Waals surface area contributed by atoms with Crippen LogP contribution in [-0.2, 0) is 21.8 Å². The van der Waals surface area contributed by atoms with Crippen molar-refractivity contribution in [1.29, 1.82) is 0 Å². The predicted octanol–water partition coefficient (Wildman–Crippen LogP) is 4.89. The minimum Gasteiger partial charge on any atom is -0.490 e. The third kappa shape index (κ3) is 4.34. The zero-order chi connectivity index (χ0) is 22.4. The van der Waals surface area contributed by atoms with Crippen LogP contribution >= 0.6 is 0 Å². The van der Waals surface area contributed by atoms with E-state index in [1.54, 1.807) is 38.1 Å². The summed E-state index contributed by atoms with van der Waals surface area (Å²) in [5.74, 6) is -0.388. The molecule has 0 spiro atoms. The van der Waals surface area contributed by atoms with Crippen LogP contribution in [-0.4, -0.2) is 29.5 Å². The molecule has 0 amide bonds. The van der Waals surface area contributed by atoms with E-state index >= 15 is 0 Å². The van der Waals surface area contributed by atoms with Crippen LogP contribution in [0.1, 0.15) is 25.1 Å². The number of fused-ring (bicyclic) bond motifs is 2. The second-order valence-corrected chi connectivity index (χ2v) is 9.24. The summed E-state index contributed by atoms with van der Waals surface area (Å²) in [6, 6.07) is 12.0. The van der Waals surface area contributed by atoms with Gasteiger partial charge in [0.2, 0.25) is 15.0 Å². The van der Waals surface area contributed by atoms with Crippen LogP contribution < -0.4 is 4.74 Å². The standard InChI is InChI=1S/C21H18F3N3O3S/c1-12(2)30-18-10-19(21(22,23)24)25-15-8-7-13(9-14(15)18)11-31(28,29)20-26-16-5-3-4-6-17(16)27-20/h3-10,12H,11H2,1-2H3,(H,26,27). The van der Waals surface area contributed by atoms with Gasteiger partial charge in [0.05, 0.1) is 28.4 Å². The first kappa shape index (κ1) is 21.1. The molecule has 0 fully saturated rings. The van der Waals surface area contributed by atoms with E-state index in [4.69, 9.17) is 4.74 Å². The fourth-order valence-corrected chi connectivity index (χ4v) is 4.45. The molecule has 0 saturated heterocycles. The van der Waals surface area contributed by atoms with Crippen molar-refractivity contribution in [2.75, 3.05) is 0 Å². The molecule has 0 saturated carbocycles. The highest BCUT2D eigenvalue weighted by atomic mass is 32.2. The monoisotopic (exact) mass is 449 g/mol. The minimum absolute atomic E-state index is 0.00434. The summed E-state index contributed by atoms with van der Waals surface area (Å²) in [5.41, 5.74) is 0.490. The average Bonchev–Trinajstić information content (AvgIpc) is 3.12. The zero-order valence-corrected chi connectivity index (χ0v) is 17.4. The van der Waals surface area contributed by atoms with Gasteiger partial charge in [0.15, 0.2) is 0 Å². The number of sulfone groups is 1. The molecule has 1 N–H and O–H groups in total. The van der Waals surface area contributed by atoms with Crippen LogP contribution in [0.15, 0.2) is 53.7 Å². The van der Waals surface area contributed by atoms with E-state index in [9.17, 15) is 21.6 Å². The maximum atomic E-state index is 13.2. The van der Waals surface area contributed by atoms with Crippen molar-refractivity contribution in [3.05, 3.63) is 59.8 Å². The molecule has 0 unspecified atom stereocenters. The maximum Gasteiger partial charge on any atom is 0.433 e. The summed E-state index contributed by atoms with van der Waals surface area (Å²) in [6.07, 6.45) is -5.01. The zero-order valence-electron chi connectivity index (χ0n) is 16.6. The molecule has 6 nitrogen and oxygen atoms in total. The van der Waals surface area contributed by atoms with E-state index in [0.29, 0.717) is 22.0 Å². The molecule has 0 aliphatic rings. The summed E-state index contributed by atoms with van der Waals surface area (Å²) in [4.78, 5) is 10.6. The van der Waals surface area contributed by atoms with Crippen LogP contribution in [0, 0.1) is 0 Å². The first-order valence-electron chi connectivity index (χ1n) is 9.38. The second kappa shape index (κ2) is 7.52. The molecule has 31 heavy (non-hydrogen) atoms. The van der Waals surface area contributed by atoms with E-state index in [2.05, 4.69) is 15.0 Å². The Labute approximate surface area is 176 Å². The molecule has 0 aliphatic carbocycles. The largest absolute Gasteiger partial charge is 0.490 e. The molecule has 2 aromatic heterocycles. The van der Waals surface area contributed by atoms with E-state index in [-0.39, 0.29) is 28.3 Å². The van der Waals surface area contributed by atoms with Gasteiger partial charge in [-0.1, -0.05) is 18.2 Å². The molecule has 162 valence electrons. The van der Waals surface area contributed by atoms with Crippen molar-refractivity contribution >= 4 is 31.8 Å². The molecule has 4 aromatic rings. The average molecular weight is 449 g/mol. The Hall–Kier alpha value is -3.14. The Morgan fingerprint density at radius 1 is 1.03 bits per heavy atom. The van der Waals surface area contributed by atoms with Crippen molar-refractivity contribution < 1.29 is 26.3 Å². The van der Waals surface area contributed by atoms with Gasteiger partial charge < -0.3 is 9.72 Å². The first-order chi connectivity index (χ1) is 14.5. The Kier molecular flexibility index (Phi) is 5.12. The predicted molar refractivity (Wildman–Crippen MR) is 109 cm³/mol. The van der Waals surface area contributed by atoms with Crippen molar-refractivity contribution in [1.82, 2.24) is 15.0 Å². The number of hydrogen-bond donors (Lipinski definition) is 1. The van der Waals surface area contributed by atoms with Crippen molar-refractivity contribution in [2.24, 2.45) is 0 Å². The number of nitrogens with zero attached hydrogens (tertiary/aromatic N) is 2. The highest BCUT2D eigenvalue weighted by Gasteiger charge is 2.34. The van der Waals surface area contributed by atoms with Gasteiger partial charge in [0, 0.05) is 11.5 Å². The lowest BCUT2D eigenvalue weighted by Gasteiger charge is -2.15. The van der Waals surface area contributed by atoms with Gasteiger partial charge in [-0.15, -0.1) is 0 Å².